The smallest absolute Gasteiger partial charge is 0.313 e. The third-order valence-corrected chi connectivity index (χ3v) is 5.25. The van der Waals surface area contributed by atoms with Crippen molar-refractivity contribution in [2.75, 3.05) is 11.5 Å². The molecule has 8 heteroatoms. The van der Waals surface area contributed by atoms with Gasteiger partial charge in [0.2, 0.25) is 0 Å². The molecule has 1 aromatic rings. The molecule has 19 heavy (non-hydrogen) atoms. The van der Waals surface area contributed by atoms with Crippen LogP contribution in [0.25, 0.3) is 0 Å². The van der Waals surface area contributed by atoms with Crippen molar-refractivity contribution in [3.05, 3.63) is 5.82 Å². The number of hydrogen-bond acceptors (Lipinski definition) is 6. The van der Waals surface area contributed by atoms with E-state index in [1.54, 1.807) is 0 Å². The minimum atomic E-state index is -0.878. The first-order chi connectivity index (χ1) is 9.20. The lowest BCUT2D eigenvalue weighted by Crippen LogP contribution is -2.19. The monoisotopic (exact) mass is 303 g/mol. The van der Waals surface area contributed by atoms with Crippen LogP contribution in [0.5, 0.6) is 0 Å². The summed E-state index contributed by atoms with van der Waals surface area (Å²) in [6, 6.07) is 0. The van der Waals surface area contributed by atoms with Gasteiger partial charge in [0.05, 0.1) is 5.75 Å². The molecule has 0 radical (unpaired) electrons. The normalized spacial score (nSPS) is 19.5. The van der Waals surface area contributed by atoms with Crippen LogP contribution in [-0.4, -0.2) is 47.7 Å². The summed E-state index contributed by atoms with van der Waals surface area (Å²) in [6.45, 7) is 0.577. The molecule has 0 amide bonds. The van der Waals surface area contributed by atoms with Gasteiger partial charge in [-0.2, -0.15) is 11.8 Å². The summed E-state index contributed by atoms with van der Waals surface area (Å²) >= 11 is 3.08. The molecule has 6 nitrogen and oxygen atoms in total. The van der Waals surface area contributed by atoms with Gasteiger partial charge < -0.3 is 14.8 Å². The zero-order chi connectivity index (χ0) is 13.7. The van der Waals surface area contributed by atoms with Gasteiger partial charge in [0.15, 0.2) is 11.0 Å². The highest BCUT2D eigenvalue weighted by Crippen LogP contribution is 2.28. The fourth-order valence-electron chi connectivity index (χ4n) is 2.01. The Hall–Kier alpha value is -0.730. The number of rotatable bonds is 6. The lowest BCUT2D eigenvalue weighted by atomic mass is 10.2. The largest absolute Gasteiger partial charge is 0.481 e. The summed E-state index contributed by atoms with van der Waals surface area (Å²) in [6.07, 6.45) is 3.64. The Balaban J connectivity index is 2.06. The third kappa shape index (κ3) is 4.12. The number of aliphatic hydroxyl groups is 1. The van der Waals surface area contributed by atoms with Crippen LogP contribution in [0.4, 0.5) is 0 Å². The van der Waals surface area contributed by atoms with E-state index in [1.165, 1.54) is 18.6 Å². The van der Waals surface area contributed by atoms with E-state index < -0.39 is 5.97 Å². The first-order valence-electron chi connectivity index (χ1n) is 6.20. The van der Waals surface area contributed by atoms with Crippen LogP contribution in [0.1, 0.15) is 25.1 Å². The number of thioether (sulfide) groups is 2. The fraction of sp³-hybridized carbons (Fsp3) is 0.727. The van der Waals surface area contributed by atoms with Crippen molar-refractivity contribution < 1.29 is 15.0 Å². The first kappa shape index (κ1) is 14.7. The molecular formula is C11H17N3O3S2. The fourth-order valence-corrected chi connectivity index (χ4v) is 3.99. The molecule has 1 fully saturated rings. The highest BCUT2D eigenvalue weighted by Gasteiger charge is 2.19. The predicted octanol–water partition coefficient (Wildman–Crippen LogP) is 1.23. The number of carbonyl (C=O) groups is 1. The summed E-state index contributed by atoms with van der Waals surface area (Å²) in [5.41, 5.74) is 0. The molecule has 2 rings (SSSR count). The second-order valence-electron chi connectivity index (χ2n) is 4.34. The molecular weight excluding hydrogens is 286 g/mol. The van der Waals surface area contributed by atoms with Crippen molar-refractivity contribution in [1.29, 1.82) is 0 Å². The van der Waals surface area contributed by atoms with Crippen LogP contribution >= 0.6 is 23.5 Å². The highest BCUT2D eigenvalue weighted by molar-refractivity contribution is 8.00. The molecule has 0 aliphatic carbocycles. The topological polar surface area (TPSA) is 88.2 Å². The summed E-state index contributed by atoms with van der Waals surface area (Å²) in [5, 5.41) is 27.0. The SMILES string of the molecule is O=C(O)CSc1nnc(CO)n1CC1CCCCS1. The van der Waals surface area contributed by atoms with Crippen molar-refractivity contribution in [1.82, 2.24) is 14.8 Å². The standard InChI is InChI=1S/C11H17N3O3S2/c15-6-9-12-13-11(19-7-10(16)17)14(9)5-8-3-1-2-4-18-8/h8,15H,1-7H2,(H,16,17). The highest BCUT2D eigenvalue weighted by atomic mass is 32.2. The Bertz CT molecular complexity index is 433. The summed E-state index contributed by atoms with van der Waals surface area (Å²) < 4.78 is 1.86. The maximum absolute atomic E-state index is 10.6. The number of carboxylic acids is 1. The van der Waals surface area contributed by atoms with E-state index in [2.05, 4.69) is 10.2 Å². The summed E-state index contributed by atoms with van der Waals surface area (Å²) in [5.74, 6) is 0.761. The molecule has 0 spiro atoms. The van der Waals surface area contributed by atoms with E-state index in [0.29, 0.717) is 16.2 Å². The van der Waals surface area contributed by atoms with Gasteiger partial charge >= 0.3 is 5.97 Å². The van der Waals surface area contributed by atoms with Crippen LogP contribution < -0.4 is 0 Å². The number of carboxylic acid groups (broad SMARTS) is 1. The van der Waals surface area contributed by atoms with E-state index in [4.69, 9.17) is 5.11 Å². The van der Waals surface area contributed by atoms with E-state index in [-0.39, 0.29) is 12.4 Å². The lowest BCUT2D eigenvalue weighted by Gasteiger charge is -2.22. The number of nitrogens with zero attached hydrogens (tertiary/aromatic N) is 3. The lowest BCUT2D eigenvalue weighted by molar-refractivity contribution is -0.133. The van der Waals surface area contributed by atoms with Gasteiger partial charge in [0, 0.05) is 11.8 Å². The molecule has 0 aromatic carbocycles. The van der Waals surface area contributed by atoms with E-state index in [9.17, 15) is 9.90 Å². The van der Waals surface area contributed by atoms with E-state index in [1.807, 2.05) is 16.3 Å². The molecule has 106 valence electrons. The average Bonchev–Trinajstić information content (AvgIpc) is 2.80. The molecule has 2 N–H and O–H groups in total. The van der Waals surface area contributed by atoms with Gasteiger partial charge in [0.1, 0.15) is 6.61 Å². The molecule has 1 unspecified atom stereocenters. The van der Waals surface area contributed by atoms with Gasteiger partial charge in [-0.05, 0) is 18.6 Å². The third-order valence-electron chi connectivity index (χ3n) is 2.92. The van der Waals surface area contributed by atoms with Crippen LogP contribution in [0.2, 0.25) is 0 Å². The number of hydrogen-bond donors (Lipinski definition) is 2. The minimum Gasteiger partial charge on any atom is -0.481 e. The maximum atomic E-state index is 10.6. The van der Waals surface area contributed by atoms with Crippen LogP contribution in [0.15, 0.2) is 5.16 Å². The van der Waals surface area contributed by atoms with Gasteiger partial charge in [-0.15, -0.1) is 10.2 Å². The first-order valence-corrected chi connectivity index (χ1v) is 8.23. The molecule has 2 heterocycles. The number of aromatic nitrogens is 3. The average molecular weight is 303 g/mol. The van der Waals surface area contributed by atoms with Gasteiger partial charge in [0.25, 0.3) is 0 Å². The van der Waals surface area contributed by atoms with Gasteiger partial charge in [-0.25, -0.2) is 0 Å². The molecule has 1 aliphatic heterocycles. The molecule has 1 saturated heterocycles. The van der Waals surface area contributed by atoms with Crippen LogP contribution in [0.3, 0.4) is 0 Å². The van der Waals surface area contributed by atoms with Crippen molar-refractivity contribution in [2.45, 2.75) is 42.8 Å². The van der Waals surface area contributed by atoms with Crippen molar-refractivity contribution in [2.24, 2.45) is 0 Å². The Morgan fingerprint density at radius 3 is 2.95 bits per heavy atom. The van der Waals surface area contributed by atoms with E-state index in [0.717, 1.165) is 24.7 Å². The Morgan fingerprint density at radius 2 is 2.32 bits per heavy atom. The second-order valence-corrected chi connectivity index (χ2v) is 6.69. The van der Waals surface area contributed by atoms with Crippen LogP contribution in [0, 0.1) is 0 Å². The molecule has 1 atom stereocenters. The maximum Gasteiger partial charge on any atom is 0.313 e. The Labute approximate surface area is 120 Å². The van der Waals surface area contributed by atoms with Crippen molar-refractivity contribution in [3.63, 3.8) is 0 Å². The minimum absolute atomic E-state index is 0.0403. The summed E-state index contributed by atoms with van der Waals surface area (Å²) in [4.78, 5) is 10.6. The Morgan fingerprint density at radius 1 is 1.47 bits per heavy atom. The quantitative estimate of drug-likeness (QED) is 0.764. The molecule has 0 bridgehead atoms. The van der Waals surface area contributed by atoms with Crippen LogP contribution in [-0.2, 0) is 17.9 Å². The predicted molar refractivity (Wildman–Crippen MR) is 74.4 cm³/mol. The molecule has 1 aliphatic rings. The number of aliphatic hydroxyl groups excluding tert-OH is 1. The zero-order valence-corrected chi connectivity index (χ0v) is 12.1. The van der Waals surface area contributed by atoms with Gasteiger partial charge in [-0.1, -0.05) is 18.2 Å². The molecule has 0 saturated carbocycles. The van der Waals surface area contributed by atoms with E-state index >= 15 is 0 Å². The number of aliphatic carboxylic acids is 1. The van der Waals surface area contributed by atoms with Crippen molar-refractivity contribution >= 4 is 29.5 Å². The summed E-state index contributed by atoms with van der Waals surface area (Å²) in [7, 11) is 0. The second kappa shape index (κ2) is 7.16. The molecule has 1 aromatic heterocycles. The van der Waals surface area contributed by atoms with Gasteiger partial charge in [-0.3, -0.25) is 4.79 Å². The zero-order valence-electron chi connectivity index (χ0n) is 10.5. The Kier molecular flexibility index (Phi) is 5.53. The van der Waals surface area contributed by atoms with Crippen molar-refractivity contribution in [3.8, 4) is 0 Å².